The average Bonchev–Trinajstić information content (AvgIpc) is 3.09. The van der Waals surface area contributed by atoms with Crippen LogP contribution in [0, 0.1) is 5.92 Å². The molecule has 136 valence electrons. The van der Waals surface area contributed by atoms with Gasteiger partial charge in [0.2, 0.25) is 11.8 Å². The first kappa shape index (κ1) is 18.3. The number of fused-ring (bicyclic) bond motifs is 1. The van der Waals surface area contributed by atoms with Crippen molar-refractivity contribution >= 4 is 58.3 Å². The molecule has 8 nitrogen and oxygen atoms in total. The molecule has 2 aliphatic rings. The summed E-state index contributed by atoms with van der Waals surface area (Å²) < 4.78 is 4.89. The molecule has 0 radical (unpaired) electrons. The van der Waals surface area contributed by atoms with Crippen molar-refractivity contribution in [1.82, 2.24) is 5.01 Å². The lowest BCUT2D eigenvalue weighted by Crippen LogP contribution is -2.41. The maximum atomic E-state index is 12.9. The lowest BCUT2D eigenvalue weighted by molar-refractivity contribution is -0.136. The summed E-state index contributed by atoms with van der Waals surface area (Å²) in [5, 5.41) is 5.12. The van der Waals surface area contributed by atoms with Crippen LogP contribution in [0.3, 0.4) is 0 Å². The van der Waals surface area contributed by atoms with Crippen LogP contribution in [0.15, 0.2) is 23.3 Å². The molecule has 3 rings (SSSR count). The second-order valence-corrected chi connectivity index (χ2v) is 6.42. The minimum absolute atomic E-state index is 0.0634. The first-order valence-corrected chi connectivity index (χ1v) is 8.41. The fourth-order valence-corrected chi connectivity index (χ4v) is 3.22. The van der Waals surface area contributed by atoms with E-state index in [9.17, 15) is 19.2 Å². The van der Waals surface area contributed by atoms with Crippen molar-refractivity contribution in [2.45, 2.75) is 19.9 Å². The Bertz CT molecular complexity index is 869. The Morgan fingerprint density at radius 1 is 1.19 bits per heavy atom. The molecule has 0 spiro atoms. The fourth-order valence-electron chi connectivity index (χ4n) is 2.93. The summed E-state index contributed by atoms with van der Waals surface area (Å²) in [6.45, 7) is 2.85. The zero-order valence-corrected chi connectivity index (χ0v) is 15.2. The third kappa shape index (κ3) is 2.75. The molecule has 0 aliphatic carbocycles. The molecule has 0 N–H and O–H groups in total. The van der Waals surface area contributed by atoms with E-state index < -0.39 is 35.7 Å². The molecule has 2 heterocycles. The number of carbonyl (C=O) groups is 4. The molecule has 0 bridgehead atoms. The predicted molar refractivity (Wildman–Crippen MR) is 92.8 cm³/mol. The van der Waals surface area contributed by atoms with Crippen LogP contribution in [0.4, 0.5) is 5.69 Å². The number of amides is 3. The summed E-state index contributed by atoms with van der Waals surface area (Å²) >= 11 is 11.8. The van der Waals surface area contributed by atoms with Crippen molar-refractivity contribution < 1.29 is 23.9 Å². The van der Waals surface area contributed by atoms with Crippen molar-refractivity contribution in [1.29, 1.82) is 0 Å². The molecule has 10 heteroatoms. The molecule has 2 atom stereocenters. The number of imide groups is 1. The molecular formula is C16H13Cl2N3O5. The van der Waals surface area contributed by atoms with E-state index in [1.807, 2.05) is 0 Å². The molecule has 0 unspecified atom stereocenters. The summed E-state index contributed by atoms with van der Waals surface area (Å²) in [6.07, 6.45) is 0. The Morgan fingerprint density at radius 2 is 1.88 bits per heavy atom. The Labute approximate surface area is 158 Å². The summed E-state index contributed by atoms with van der Waals surface area (Å²) in [7, 11) is 0. The molecule has 0 saturated carbocycles. The fraction of sp³-hybridized carbons (Fsp3) is 0.312. The topological polar surface area (TPSA) is 96.3 Å². The second kappa shape index (κ2) is 6.69. The molecule has 0 aromatic heterocycles. The van der Waals surface area contributed by atoms with Gasteiger partial charge in [-0.2, -0.15) is 5.10 Å². The highest BCUT2D eigenvalue weighted by Gasteiger charge is 2.59. The van der Waals surface area contributed by atoms with Crippen LogP contribution in [0.5, 0.6) is 0 Å². The van der Waals surface area contributed by atoms with E-state index >= 15 is 0 Å². The number of hydrogen-bond acceptors (Lipinski definition) is 6. The Balaban J connectivity index is 2.05. The van der Waals surface area contributed by atoms with Crippen molar-refractivity contribution in [3.8, 4) is 0 Å². The van der Waals surface area contributed by atoms with E-state index in [0.29, 0.717) is 0 Å². The highest BCUT2D eigenvalue weighted by Crippen LogP contribution is 2.37. The molecular weight excluding hydrogens is 385 g/mol. The number of anilines is 1. The van der Waals surface area contributed by atoms with Crippen molar-refractivity contribution in [3.63, 3.8) is 0 Å². The number of hydrogen-bond donors (Lipinski definition) is 0. The highest BCUT2D eigenvalue weighted by molar-refractivity contribution is 6.47. The third-order valence-corrected chi connectivity index (χ3v) is 4.76. The minimum atomic E-state index is -1.23. The molecule has 1 aromatic rings. The van der Waals surface area contributed by atoms with Crippen LogP contribution in [0.25, 0.3) is 0 Å². The molecule has 1 saturated heterocycles. The van der Waals surface area contributed by atoms with Gasteiger partial charge >= 0.3 is 5.97 Å². The van der Waals surface area contributed by atoms with Crippen molar-refractivity contribution in [2.75, 3.05) is 11.5 Å². The van der Waals surface area contributed by atoms with Gasteiger partial charge < -0.3 is 4.74 Å². The highest BCUT2D eigenvalue weighted by atomic mass is 35.5. The zero-order valence-electron chi connectivity index (χ0n) is 13.7. The SMILES string of the molecule is CCOC(=O)C1=NN(C(C)=O)[C@H]2C(=O)N(c3ccc(Cl)c(Cl)c3)C(=O)[C@H]12. The number of hydrazone groups is 1. The quantitative estimate of drug-likeness (QED) is 0.570. The van der Waals surface area contributed by atoms with Crippen LogP contribution in [0.1, 0.15) is 13.8 Å². The normalized spacial score (nSPS) is 21.8. The summed E-state index contributed by atoms with van der Waals surface area (Å²) in [5.41, 5.74) is -0.0801. The van der Waals surface area contributed by atoms with Gasteiger partial charge in [-0.1, -0.05) is 23.2 Å². The van der Waals surface area contributed by atoms with Gasteiger partial charge in [0, 0.05) is 6.92 Å². The maximum Gasteiger partial charge on any atom is 0.355 e. The largest absolute Gasteiger partial charge is 0.461 e. The van der Waals surface area contributed by atoms with Crippen LogP contribution >= 0.6 is 23.2 Å². The van der Waals surface area contributed by atoms with Crippen LogP contribution in [0.2, 0.25) is 10.0 Å². The first-order chi connectivity index (χ1) is 12.3. The molecule has 26 heavy (non-hydrogen) atoms. The number of nitrogens with zero attached hydrogens (tertiary/aromatic N) is 3. The van der Waals surface area contributed by atoms with Crippen LogP contribution in [-0.4, -0.2) is 47.1 Å². The van der Waals surface area contributed by atoms with Crippen molar-refractivity contribution in [2.24, 2.45) is 11.0 Å². The molecule has 1 aromatic carbocycles. The number of benzene rings is 1. The van der Waals surface area contributed by atoms with Crippen molar-refractivity contribution in [3.05, 3.63) is 28.2 Å². The lowest BCUT2D eigenvalue weighted by atomic mass is 9.98. The minimum Gasteiger partial charge on any atom is -0.461 e. The van der Waals surface area contributed by atoms with Gasteiger partial charge in [-0.05, 0) is 25.1 Å². The summed E-state index contributed by atoms with van der Waals surface area (Å²) in [6, 6.07) is 3.02. The van der Waals surface area contributed by atoms with E-state index in [1.165, 1.54) is 25.1 Å². The number of ether oxygens (including phenoxy) is 1. The van der Waals surface area contributed by atoms with E-state index in [2.05, 4.69) is 5.10 Å². The maximum absolute atomic E-state index is 12.9. The molecule has 1 fully saturated rings. The first-order valence-electron chi connectivity index (χ1n) is 7.66. The van der Waals surface area contributed by atoms with E-state index in [0.717, 1.165) is 9.91 Å². The number of esters is 1. The van der Waals surface area contributed by atoms with E-state index in [4.69, 9.17) is 27.9 Å². The summed E-state index contributed by atoms with van der Waals surface area (Å²) in [4.78, 5) is 50.6. The van der Waals surface area contributed by atoms with Gasteiger partial charge in [-0.3, -0.25) is 14.4 Å². The lowest BCUT2D eigenvalue weighted by Gasteiger charge is -2.19. The average molecular weight is 398 g/mol. The summed E-state index contributed by atoms with van der Waals surface area (Å²) in [5.74, 6) is -4.01. The number of rotatable bonds is 3. The number of halogens is 2. The van der Waals surface area contributed by atoms with Gasteiger partial charge in [-0.25, -0.2) is 14.7 Å². The molecule has 2 aliphatic heterocycles. The van der Waals surface area contributed by atoms with Crippen LogP contribution in [-0.2, 0) is 23.9 Å². The smallest absolute Gasteiger partial charge is 0.355 e. The second-order valence-electron chi connectivity index (χ2n) is 5.60. The Hall–Kier alpha value is -2.45. The van der Waals surface area contributed by atoms with Gasteiger partial charge in [0.1, 0.15) is 5.92 Å². The number of carbonyl (C=O) groups excluding carboxylic acids is 4. The van der Waals surface area contributed by atoms with Gasteiger partial charge in [-0.15, -0.1) is 0 Å². The molecule has 3 amide bonds. The van der Waals surface area contributed by atoms with Gasteiger partial charge in [0.05, 0.1) is 22.3 Å². The zero-order chi connectivity index (χ0) is 19.2. The van der Waals surface area contributed by atoms with Gasteiger partial charge in [0.25, 0.3) is 5.91 Å². The Kier molecular flexibility index (Phi) is 4.72. The Morgan fingerprint density at radius 3 is 2.46 bits per heavy atom. The van der Waals surface area contributed by atoms with E-state index in [1.54, 1.807) is 6.92 Å². The third-order valence-electron chi connectivity index (χ3n) is 4.02. The van der Waals surface area contributed by atoms with Crippen LogP contribution < -0.4 is 4.90 Å². The monoisotopic (exact) mass is 397 g/mol. The van der Waals surface area contributed by atoms with E-state index in [-0.39, 0.29) is 28.1 Å². The standard InChI is InChI=1S/C16H13Cl2N3O5/c1-3-26-16(25)12-11-13(21(19-12)7(2)22)15(24)20(14(11)23)8-4-5-9(17)10(18)6-8/h4-6,11,13H,3H2,1-2H3/t11-,13-/m1/s1. The van der Waals surface area contributed by atoms with Gasteiger partial charge in [0.15, 0.2) is 11.8 Å². The predicted octanol–water partition coefficient (Wildman–Crippen LogP) is 1.63.